The van der Waals surface area contributed by atoms with Crippen LogP contribution in [0.25, 0.3) is 0 Å². The molecular weight excluding hydrogens is 312 g/mol. The van der Waals surface area contributed by atoms with Crippen LogP contribution in [0.1, 0.15) is 54.6 Å². The predicted octanol–water partition coefficient (Wildman–Crippen LogP) is 3.38. The van der Waals surface area contributed by atoms with Gasteiger partial charge >= 0.3 is 0 Å². The van der Waals surface area contributed by atoms with E-state index in [0.717, 1.165) is 18.9 Å². The molecule has 1 aromatic carbocycles. The van der Waals surface area contributed by atoms with Gasteiger partial charge in [0.25, 0.3) is 0 Å². The lowest BCUT2D eigenvalue weighted by atomic mass is 9.99. The molecule has 6 heteroatoms. The minimum atomic E-state index is 0. The topological polar surface area (TPSA) is 68.2 Å². The van der Waals surface area contributed by atoms with Gasteiger partial charge in [0.1, 0.15) is 0 Å². The Hall–Kier alpha value is -1.43. The quantitative estimate of drug-likeness (QED) is 0.927. The summed E-state index contributed by atoms with van der Waals surface area (Å²) in [6, 6.07) is 9.26. The van der Waals surface area contributed by atoms with Gasteiger partial charge in [0.2, 0.25) is 5.89 Å². The van der Waals surface area contributed by atoms with E-state index >= 15 is 0 Å². The first kappa shape index (κ1) is 17.9. The maximum Gasteiger partial charge on any atom is 0.240 e. The highest BCUT2D eigenvalue weighted by Gasteiger charge is 2.24. The van der Waals surface area contributed by atoms with Crippen molar-refractivity contribution in [1.82, 2.24) is 15.0 Å². The van der Waals surface area contributed by atoms with Crippen LogP contribution < -0.4 is 5.73 Å². The largest absolute Gasteiger partial charge is 0.338 e. The number of hydrogen-bond donors (Lipinski definition) is 1. The predicted molar refractivity (Wildman–Crippen MR) is 92.2 cm³/mol. The van der Waals surface area contributed by atoms with Crippen LogP contribution in [0.5, 0.6) is 0 Å². The Balaban J connectivity index is 0.00000192. The van der Waals surface area contributed by atoms with Gasteiger partial charge in [-0.2, -0.15) is 4.98 Å². The number of aryl methyl sites for hydroxylation is 1. The van der Waals surface area contributed by atoms with E-state index < -0.39 is 0 Å². The fourth-order valence-electron chi connectivity index (χ4n) is 3.23. The highest BCUT2D eigenvalue weighted by Crippen LogP contribution is 2.31. The summed E-state index contributed by atoms with van der Waals surface area (Å²) >= 11 is 0. The average molecular weight is 337 g/mol. The first-order chi connectivity index (χ1) is 10.8. The number of likely N-dealkylation sites (tertiary alicyclic amines) is 1. The van der Waals surface area contributed by atoms with Gasteiger partial charge in [-0.25, -0.2) is 0 Å². The summed E-state index contributed by atoms with van der Waals surface area (Å²) in [5, 5.41) is 4.05. The van der Waals surface area contributed by atoms with Crippen LogP contribution in [-0.4, -0.2) is 21.6 Å². The molecular formula is C17H25ClN4O. The normalized spacial score (nSPS) is 19.1. The van der Waals surface area contributed by atoms with Gasteiger partial charge < -0.3 is 10.3 Å². The van der Waals surface area contributed by atoms with E-state index in [0.29, 0.717) is 18.5 Å². The lowest BCUT2D eigenvalue weighted by Crippen LogP contribution is -2.28. The molecule has 0 aliphatic carbocycles. The SMILES string of the molecule is Cc1cccc(C2CCCCCN2Cc2noc(CN)n2)c1.Cl. The molecule has 0 spiro atoms. The van der Waals surface area contributed by atoms with Crippen molar-refractivity contribution in [3.05, 3.63) is 47.1 Å². The van der Waals surface area contributed by atoms with Crippen LogP contribution in [-0.2, 0) is 13.1 Å². The monoisotopic (exact) mass is 336 g/mol. The van der Waals surface area contributed by atoms with Gasteiger partial charge in [0, 0.05) is 6.04 Å². The number of hydrogen-bond acceptors (Lipinski definition) is 5. The average Bonchev–Trinajstić information content (AvgIpc) is 2.85. The molecule has 0 radical (unpaired) electrons. The van der Waals surface area contributed by atoms with Gasteiger partial charge in [0.15, 0.2) is 5.82 Å². The molecule has 3 rings (SSSR count). The third-order valence-electron chi connectivity index (χ3n) is 4.32. The molecule has 1 aromatic heterocycles. The van der Waals surface area contributed by atoms with E-state index in [9.17, 15) is 0 Å². The van der Waals surface area contributed by atoms with Gasteiger partial charge in [-0.05, 0) is 31.9 Å². The van der Waals surface area contributed by atoms with Crippen molar-refractivity contribution in [3.63, 3.8) is 0 Å². The maximum atomic E-state index is 5.55. The molecule has 1 atom stereocenters. The molecule has 1 fully saturated rings. The Bertz CT molecular complexity index is 616. The van der Waals surface area contributed by atoms with Crippen molar-refractivity contribution in [1.29, 1.82) is 0 Å². The molecule has 2 aromatic rings. The summed E-state index contributed by atoms with van der Waals surface area (Å²) in [6.45, 7) is 4.25. The van der Waals surface area contributed by atoms with Crippen molar-refractivity contribution in [2.24, 2.45) is 5.73 Å². The van der Waals surface area contributed by atoms with Crippen molar-refractivity contribution < 1.29 is 4.52 Å². The first-order valence-corrected chi connectivity index (χ1v) is 8.08. The van der Waals surface area contributed by atoms with Crippen molar-refractivity contribution in [2.75, 3.05) is 6.54 Å². The number of nitrogens with zero attached hydrogens (tertiary/aromatic N) is 3. The molecule has 126 valence electrons. The molecule has 1 aliphatic rings. The van der Waals surface area contributed by atoms with Gasteiger partial charge in [-0.1, -0.05) is 47.8 Å². The Morgan fingerprint density at radius 2 is 2.17 bits per heavy atom. The summed E-state index contributed by atoms with van der Waals surface area (Å²) in [5.74, 6) is 1.25. The Morgan fingerprint density at radius 3 is 2.91 bits per heavy atom. The molecule has 5 nitrogen and oxygen atoms in total. The van der Waals surface area contributed by atoms with Crippen LogP contribution in [0.2, 0.25) is 0 Å². The fourth-order valence-corrected chi connectivity index (χ4v) is 3.23. The zero-order valence-electron chi connectivity index (χ0n) is 13.6. The maximum absolute atomic E-state index is 5.55. The molecule has 0 bridgehead atoms. The van der Waals surface area contributed by atoms with E-state index in [-0.39, 0.29) is 12.4 Å². The van der Waals surface area contributed by atoms with Crippen molar-refractivity contribution >= 4 is 12.4 Å². The van der Waals surface area contributed by atoms with Crippen molar-refractivity contribution in [2.45, 2.75) is 51.7 Å². The second-order valence-electron chi connectivity index (χ2n) is 6.06. The second-order valence-corrected chi connectivity index (χ2v) is 6.06. The van der Waals surface area contributed by atoms with E-state index in [1.54, 1.807) is 0 Å². The molecule has 0 saturated carbocycles. The number of benzene rings is 1. The second kappa shape index (κ2) is 8.43. The number of nitrogens with two attached hydrogens (primary N) is 1. The third-order valence-corrected chi connectivity index (χ3v) is 4.32. The molecule has 23 heavy (non-hydrogen) atoms. The summed E-state index contributed by atoms with van der Waals surface area (Å²) < 4.78 is 5.13. The third kappa shape index (κ3) is 4.53. The fraction of sp³-hybridized carbons (Fsp3) is 0.529. The zero-order valence-corrected chi connectivity index (χ0v) is 14.4. The summed E-state index contributed by atoms with van der Waals surface area (Å²) in [6.07, 6.45) is 4.98. The molecule has 1 unspecified atom stereocenters. The first-order valence-electron chi connectivity index (χ1n) is 8.08. The lowest BCUT2D eigenvalue weighted by molar-refractivity contribution is 0.185. The minimum absolute atomic E-state index is 0. The Kier molecular flexibility index (Phi) is 6.57. The number of halogens is 1. The van der Waals surface area contributed by atoms with Gasteiger partial charge in [0.05, 0.1) is 13.1 Å². The number of rotatable bonds is 4. The van der Waals surface area contributed by atoms with E-state index in [4.69, 9.17) is 10.3 Å². The lowest BCUT2D eigenvalue weighted by Gasteiger charge is -2.29. The van der Waals surface area contributed by atoms with E-state index in [1.807, 2.05) is 0 Å². The zero-order chi connectivity index (χ0) is 15.4. The standard InChI is InChI=1S/C17H24N4O.ClH/c1-13-6-5-7-14(10-13)15-8-3-2-4-9-21(15)12-16-19-17(11-18)22-20-16;/h5-7,10,15H,2-4,8-9,11-12,18H2,1H3;1H. The molecule has 1 saturated heterocycles. The van der Waals surface area contributed by atoms with Crippen molar-refractivity contribution in [3.8, 4) is 0 Å². The molecule has 2 N–H and O–H groups in total. The van der Waals surface area contributed by atoms with Gasteiger partial charge in [-0.15, -0.1) is 12.4 Å². The Morgan fingerprint density at radius 1 is 1.30 bits per heavy atom. The van der Waals surface area contributed by atoms with Gasteiger partial charge in [-0.3, -0.25) is 4.90 Å². The minimum Gasteiger partial charge on any atom is -0.338 e. The van der Waals surface area contributed by atoms with E-state index in [1.165, 1.54) is 36.8 Å². The van der Waals surface area contributed by atoms with Crippen LogP contribution in [0.15, 0.2) is 28.8 Å². The molecule has 2 heterocycles. The molecule has 1 aliphatic heterocycles. The smallest absolute Gasteiger partial charge is 0.240 e. The summed E-state index contributed by atoms with van der Waals surface area (Å²) in [7, 11) is 0. The van der Waals surface area contributed by atoms with Crippen LogP contribution in [0, 0.1) is 6.92 Å². The summed E-state index contributed by atoms with van der Waals surface area (Å²) in [5.41, 5.74) is 8.25. The summed E-state index contributed by atoms with van der Waals surface area (Å²) in [4.78, 5) is 6.83. The van der Waals surface area contributed by atoms with Crippen LogP contribution >= 0.6 is 12.4 Å². The van der Waals surface area contributed by atoms with Crippen LogP contribution in [0.4, 0.5) is 0 Å². The highest BCUT2D eigenvalue weighted by molar-refractivity contribution is 5.85. The Labute approximate surface area is 143 Å². The van der Waals surface area contributed by atoms with Crippen LogP contribution in [0.3, 0.4) is 0 Å². The highest BCUT2D eigenvalue weighted by atomic mass is 35.5. The molecule has 0 amide bonds. The van der Waals surface area contributed by atoms with E-state index in [2.05, 4.69) is 46.2 Å². The number of aromatic nitrogens is 2.